The van der Waals surface area contributed by atoms with Gasteiger partial charge in [-0.25, -0.2) is 4.39 Å². The average molecular weight is 378 g/mol. The van der Waals surface area contributed by atoms with Crippen LogP contribution in [0.5, 0.6) is 0 Å². The number of hydrogen-bond acceptors (Lipinski definition) is 5. The van der Waals surface area contributed by atoms with E-state index < -0.39 is 5.91 Å². The zero-order valence-corrected chi connectivity index (χ0v) is 15.3. The van der Waals surface area contributed by atoms with Gasteiger partial charge in [0, 0.05) is 17.8 Å². The number of halogens is 1. The number of nitrogens with zero attached hydrogens (tertiary/aromatic N) is 2. The third-order valence-corrected chi connectivity index (χ3v) is 4.10. The second-order valence-corrected chi connectivity index (χ2v) is 6.16. The normalized spacial score (nSPS) is 10.4. The molecule has 0 unspecified atom stereocenters. The third kappa shape index (κ3) is 4.97. The Labute approximate surface area is 161 Å². The second kappa shape index (κ2) is 8.85. The highest BCUT2D eigenvalue weighted by atomic mass is 19.1. The topological polar surface area (TPSA) is 84.0 Å². The number of carbonyl (C=O) groups excluding carboxylic acids is 2. The molecule has 28 heavy (non-hydrogen) atoms. The molecule has 2 N–H and O–H groups in total. The lowest BCUT2D eigenvalue weighted by molar-refractivity contribution is 0.101. The Hall–Kier alpha value is -3.61. The lowest BCUT2D eigenvalue weighted by Crippen LogP contribution is -2.15. The molecule has 7 heteroatoms. The Morgan fingerprint density at radius 3 is 2.36 bits per heavy atom. The van der Waals surface area contributed by atoms with Crippen molar-refractivity contribution in [3.63, 3.8) is 0 Å². The SMILES string of the molecule is CC(=O)c1ccc(NC(=O)c2ccc(NCCc3ccccc3F)nn2)cc1. The first kappa shape index (κ1) is 19.2. The van der Waals surface area contributed by atoms with Crippen LogP contribution in [0.15, 0.2) is 60.7 Å². The zero-order valence-electron chi connectivity index (χ0n) is 15.3. The van der Waals surface area contributed by atoms with Gasteiger partial charge in [-0.15, -0.1) is 10.2 Å². The lowest BCUT2D eigenvalue weighted by Gasteiger charge is -2.07. The summed E-state index contributed by atoms with van der Waals surface area (Å²) in [7, 11) is 0. The Bertz CT molecular complexity index is 972. The molecule has 0 aliphatic heterocycles. The van der Waals surface area contributed by atoms with E-state index in [0.717, 1.165) is 0 Å². The lowest BCUT2D eigenvalue weighted by atomic mass is 10.1. The first-order valence-electron chi connectivity index (χ1n) is 8.76. The van der Waals surface area contributed by atoms with Crippen LogP contribution in [0.4, 0.5) is 15.9 Å². The van der Waals surface area contributed by atoms with Crippen LogP contribution in [-0.4, -0.2) is 28.4 Å². The number of carbonyl (C=O) groups is 2. The van der Waals surface area contributed by atoms with Crippen molar-refractivity contribution in [2.75, 3.05) is 17.2 Å². The van der Waals surface area contributed by atoms with Gasteiger partial charge in [-0.05, 0) is 61.4 Å². The largest absolute Gasteiger partial charge is 0.368 e. The van der Waals surface area contributed by atoms with Crippen molar-refractivity contribution in [1.82, 2.24) is 10.2 Å². The molecule has 0 aliphatic rings. The average Bonchev–Trinajstić information content (AvgIpc) is 2.70. The molecule has 1 aromatic heterocycles. The molecular weight excluding hydrogens is 359 g/mol. The Morgan fingerprint density at radius 2 is 1.71 bits per heavy atom. The summed E-state index contributed by atoms with van der Waals surface area (Å²) in [5.41, 5.74) is 1.91. The van der Waals surface area contributed by atoms with E-state index in [1.54, 1.807) is 54.6 Å². The molecule has 0 aliphatic carbocycles. The number of anilines is 2. The van der Waals surface area contributed by atoms with E-state index in [2.05, 4.69) is 20.8 Å². The van der Waals surface area contributed by atoms with E-state index in [0.29, 0.717) is 35.6 Å². The number of benzene rings is 2. The summed E-state index contributed by atoms with van der Waals surface area (Å²) in [4.78, 5) is 23.5. The molecule has 0 spiro atoms. The molecule has 0 bridgehead atoms. The summed E-state index contributed by atoms with van der Waals surface area (Å²) < 4.78 is 13.6. The first-order valence-corrected chi connectivity index (χ1v) is 8.76. The summed E-state index contributed by atoms with van der Waals surface area (Å²) in [5.74, 6) is -0.180. The molecule has 0 saturated heterocycles. The number of hydrogen-bond donors (Lipinski definition) is 2. The maximum absolute atomic E-state index is 13.6. The quantitative estimate of drug-likeness (QED) is 0.612. The number of aromatic nitrogens is 2. The minimum Gasteiger partial charge on any atom is -0.368 e. The molecule has 2 aromatic carbocycles. The third-order valence-electron chi connectivity index (χ3n) is 4.10. The standard InChI is InChI=1S/C21H19FN4O2/c1-14(27)15-6-8-17(9-7-15)24-21(28)19-10-11-20(26-25-19)23-13-12-16-4-2-3-5-18(16)22/h2-11H,12-13H2,1H3,(H,23,26)(H,24,28). The second-order valence-electron chi connectivity index (χ2n) is 6.16. The smallest absolute Gasteiger partial charge is 0.276 e. The first-order chi connectivity index (χ1) is 13.5. The van der Waals surface area contributed by atoms with Gasteiger partial charge >= 0.3 is 0 Å². The number of ketones is 1. The molecule has 0 fully saturated rings. The molecule has 6 nitrogen and oxygen atoms in total. The van der Waals surface area contributed by atoms with Gasteiger partial charge in [-0.1, -0.05) is 18.2 Å². The minimum atomic E-state index is -0.402. The maximum atomic E-state index is 13.6. The van der Waals surface area contributed by atoms with Crippen LogP contribution in [0.1, 0.15) is 33.3 Å². The van der Waals surface area contributed by atoms with E-state index in [4.69, 9.17) is 0 Å². The number of amides is 1. The van der Waals surface area contributed by atoms with Gasteiger partial charge < -0.3 is 10.6 Å². The Balaban J connectivity index is 1.53. The number of rotatable bonds is 7. The van der Waals surface area contributed by atoms with Crippen molar-refractivity contribution in [2.24, 2.45) is 0 Å². The predicted molar refractivity (Wildman–Crippen MR) is 105 cm³/mol. The van der Waals surface area contributed by atoms with Gasteiger partial charge in [0.25, 0.3) is 5.91 Å². The van der Waals surface area contributed by atoms with E-state index in [-0.39, 0.29) is 17.3 Å². The summed E-state index contributed by atoms with van der Waals surface area (Å²) >= 11 is 0. The van der Waals surface area contributed by atoms with Crippen molar-refractivity contribution in [3.8, 4) is 0 Å². The highest BCUT2D eigenvalue weighted by molar-refractivity contribution is 6.03. The fourth-order valence-electron chi connectivity index (χ4n) is 2.56. The van der Waals surface area contributed by atoms with Gasteiger partial charge in [0.2, 0.25) is 0 Å². The van der Waals surface area contributed by atoms with Crippen molar-refractivity contribution < 1.29 is 14.0 Å². The summed E-state index contributed by atoms with van der Waals surface area (Å²) in [6.07, 6.45) is 0.507. The molecule has 3 rings (SSSR count). The van der Waals surface area contributed by atoms with Crippen LogP contribution in [0.3, 0.4) is 0 Å². The Morgan fingerprint density at radius 1 is 0.964 bits per heavy atom. The van der Waals surface area contributed by atoms with E-state index >= 15 is 0 Å². The van der Waals surface area contributed by atoms with E-state index in [1.807, 2.05) is 0 Å². The Kier molecular flexibility index (Phi) is 6.06. The van der Waals surface area contributed by atoms with Gasteiger partial charge in [0.05, 0.1) is 0 Å². The van der Waals surface area contributed by atoms with Gasteiger partial charge in [0.1, 0.15) is 11.6 Å². The molecule has 0 atom stereocenters. The van der Waals surface area contributed by atoms with Crippen LogP contribution >= 0.6 is 0 Å². The van der Waals surface area contributed by atoms with Crippen LogP contribution in [-0.2, 0) is 6.42 Å². The van der Waals surface area contributed by atoms with Crippen molar-refractivity contribution in [2.45, 2.75) is 13.3 Å². The molecular formula is C21H19FN4O2. The molecule has 1 amide bonds. The maximum Gasteiger partial charge on any atom is 0.276 e. The van der Waals surface area contributed by atoms with Gasteiger partial charge in [-0.2, -0.15) is 0 Å². The predicted octanol–water partition coefficient (Wildman–Crippen LogP) is 3.73. The molecule has 3 aromatic rings. The van der Waals surface area contributed by atoms with Crippen LogP contribution in [0, 0.1) is 5.82 Å². The fourth-order valence-corrected chi connectivity index (χ4v) is 2.56. The monoisotopic (exact) mass is 378 g/mol. The summed E-state index contributed by atoms with van der Waals surface area (Å²) in [6.45, 7) is 1.97. The molecule has 0 saturated carbocycles. The summed E-state index contributed by atoms with van der Waals surface area (Å²) in [6, 6.07) is 16.4. The summed E-state index contributed by atoms with van der Waals surface area (Å²) in [5, 5.41) is 13.6. The zero-order chi connectivity index (χ0) is 19.9. The van der Waals surface area contributed by atoms with Gasteiger partial charge in [-0.3, -0.25) is 9.59 Å². The van der Waals surface area contributed by atoms with E-state index in [9.17, 15) is 14.0 Å². The van der Waals surface area contributed by atoms with Crippen LogP contribution < -0.4 is 10.6 Å². The molecule has 1 heterocycles. The van der Waals surface area contributed by atoms with Gasteiger partial charge in [0.15, 0.2) is 11.5 Å². The van der Waals surface area contributed by atoms with E-state index in [1.165, 1.54) is 13.0 Å². The highest BCUT2D eigenvalue weighted by Crippen LogP contribution is 2.12. The minimum absolute atomic E-state index is 0.0400. The highest BCUT2D eigenvalue weighted by Gasteiger charge is 2.09. The fraction of sp³-hybridized carbons (Fsp3) is 0.143. The molecule has 0 radical (unpaired) electrons. The molecule has 142 valence electrons. The van der Waals surface area contributed by atoms with Crippen LogP contribution in [0.25, 0.3) is 0 Å². The van der Waals surface area contributed by atoms with Crippen LogP contribution in [0.2, 0.25) is 0 Å². The van der Waals surface area contributed by atoms with Crippen molar-refractivity contribution >= 4 is 23.2 Å². The van der Waals surface area contributed by atoms with Crippen molar-refractivity contribution in [1.29, 1.82) is 0 Å². The van der Waals surface area contributed by atoms with Crippen molar-refractivity contribution in [3.05, 3.63) is 83.3 Å². The number of nitrogens with one attached hydrogen (secondary N) is 2. The number of Topliss-reactive ketones (excluding diaryl/α,β-unsaturated/α-hetero) is 1.